The highest BCUT2D eigenvalue weighted by atomic mass is 16.7. The maximum absolute atomic E-state index is 12.4. The summed E-state index contributed by atoms with van der Waals surface area (Å²) in [5, 5.41) is 2.92. The summed E-state index contributed by atoms with van der Waals surface area (Å²) >= 11 is 0. The number of carbonyl (C=O) groups is 1. The molecule has 3 rings (SSSR count). The Kier molecular flexibility index (Phi) is 4.21. The molecule has 2 saturated heterocycles. The number of para-hydroxylation sites is 2. The van der Waals surface area contributed by atoms with E-state index in [2.05, 4.69) is 5.32 Å². The van der Waals surface area contributed by atoms with Crippen LogP contribution in [0.2, 0.25) is 0 Å². The molecule has 0 unspecified atom stereocenters. The molecule has 23 heavy (non-hydrogen) atoms. The minimum Gasteiger partial charge on any atom is -0.492 e. The molecule has 2 heterocycles. The number of benzene rings is 1. The van der Waals surface area contributed by atoms with Gasteiger partial charge in [-0.3, -0.25) is 0 Å². The van der Waals surface area contributed by atoms with Gasteiger partial charge in [0.1, 0.15) is 5.75 Å². The lowest BCUT2D eigenvalue weighted by molar-refractivity contribution is -0.301. The maximum Gasteiger partial charge on any atom is 0.321 e. The minimum absolute atomic E-state index is 0.0632. The van der Waals surface area contributed by atoms with E-state index in [0.717, 1.165) is 0 Å². The fraction of sp³-hybridized carbons (Fsp3) is 0.588. The Morgan fingerprint density at radius 1 is 1.26 bits per heavy atom. The van der Waals surface area contributed by atoms with Crippen molar-refractivity contribution >= 4 is 11.7 Å². The lowest BCUT2D eigenvalue weighted by Crippen LogP contribution is -2.66. The van der Waals surface area contributed by atoms with E-state index in [4.69, 9.17) is 14.2 Å². The topological polar surface area (TPSA) is 60.0 Å². The fourth-order valence-electron chi connectivity index (χ4n) is 2.87. The monoisotopic (exact) mass is 320 g/mol. The third kappa shape index (κ3) is 3.43. The molecular formula is C17H24N2O4. The second-order valence-corrected chi connectivity index (χ2v) is 6.69. The van der Waals surface area contributed by atoms with Crippen LogP contribution in [0.4, 0.5) is 10.5 Å². The van der Waals surface area contributed by atoms with Crippen LogP contribution >= 0.6 is 0 Å². The molecule has 0 radical (unpaired) electrons. The summed E-state index contributed by atoms with van der Waals surface area (Å²) in [7, 11) is 0. The summed E-state index contributed by atoms with van der Waals surface area (Å²) in [6, 6.07) is 7.33. The van der Waals surface area contributed by atoms with Crippen molar-refractivity contribution in [3.63, 3.8) is 0 Å². The molecule has 1 N–H and O–H groups in total. The summed E-state index contributed by atoms with van der Waals surface area (Å²) in [6.45, 7) is 8.84. The van der Waals surface area contributed by atoms with Crippen molar-refractivity contribution in [2.45, 2.75) is 26.6 Å². The molecule has 0 atom stereocenters. The highest BCUT2D eigenvalue weighted by Crippen LogP contribution is 2.38. The number of nitrogens with zero attached hydrogens (tertiary/aromatic N) is 1. The van der Waals surface area contributed by atoms with Crippen molar-refractivity contribution in [2.24, 2.45) is 5.41 Å². The van der Waals surface area contributed by atoms with Crippen LogP contribution in [-0.4, -0.2) is 49.6 Å². The number of hydrogen-bond donors (Lipinski definition) is 1. The quantitative estimate of drug-likeness (QED) is 0.930. The summed E-state index contributed by atoms with van der Waals surface area (Å²) in [5.41, 5.74) is 0.629. The lowest BCUT2D eigenvalue weighted by atomic mass is 9.81. The van der Waals surface area contributed by atoms with Gasteiger partial charge in [0.25, 0.3) is 0 Å². The van der Waals surface area contributed by atoms with E-state index in [1.807, 2.05) is 45.0 Å². The Labute approximate surface area is 136 Å². The first-order chi connectivity index (χ1) is 10.9. The Morgan fingerprint density at radius 3 is 2.57 bits per heavy atom. The van der Waals surface area contributed by atoms with Gasteiger partial charge >= 0.3 is 6.03 Å². The first-order valence-corrected chi connectivity index (χ1v) is 7.99. The number of amides is 2. The van der Waals surface area contributed by atoms with Gasteiger partial charge in [-0.1, -0.05) is 12.1 Å². The maximum atomic E-state index is 12.4. The molecular weight excluding hydrogens is 296 g/mol. The van der Waals surface area contributed by atoms with Gasteiger partial charge < -0.3 is 24.4 Å². The minimum atomic E-state index is -0.523. The number of urea groups is 1. The fourth-order valence-corrected chi connectivity index (χ4v) is 2.87. The molecule has 1 aromatic carbocycles. The first kappa shape index (κ1) is 16.1. The Hall–Kier alpha value is -1.79. The predicted octanol–water partition coefficient (Wildman–Crippen LogP) is 2.70. The van der Waals surface area contributed by atoms with E-state index in [1.165, 1.54) is 0 Å². The van der Waals surface area contributed by atoms with Crippen molar-refractivity contribution in [3.8, 4) is 5.75 Å². The number of anilines is 1. The molecule has 0 aromatic heterocycles. The molecule has 1 spiro atoms. The molecule has 2 amide bonds. The van der Waals surface area contributed by atoms with Crippen LogP contribution in [0.15, 0.2) is 24.3 Å². The number of ether oxygens (including phenoxy) is 3. The van der Waals surface area contributed by atoms with Crippen LogP contribution in [-0.2, 0) is 9.47 Å². The molecule has 0 saturated carbocycles. The van der Waals surface area contributed by atoms with E-state index >= 15 is 0 Å². The normalized spacial score (nSPS) is 21.6. The van der Waals surface area contributed by atoms with Crippen molar-refractivity contribution in [3.05, 3.63) is 24.3 Å². The number of carbonyl (C=O) groups excluding carboxylic acids is 1. The Balaban J connectivity index is 1.56. The molecule has 2 aliphatic heterocycles. The summed E-state index contributed by atoms with van der Waals surface area (Å²) in [5.74, 6) is 0.161. The number of nitrogens with one attached hydrogen (secondary N) is 1. The van der Waals surface area contributed by atoms with Crippen molar-refractivity contribution < 1.29 is 19.0 Å². The zero-order valence-electron chi connectivity index (χ0n) is 13.9. The van der Waals surface area contributed by atoms with Gasteiger partial charge in [-0.15, -0.1) is 0 Å². The molecule has 6 heteroatoms. The van der Waals surface area contributed by atoms with Gasteiger partial charge in [-0.05, 0) is 32.9 Å². The highest BCUT2D eigenvalue weighted by molar-refractivity contribution is 5.91. The smallest absolute Gasteiger partial charge is 0.321 e. The molecule has 6 nitrogen and oxygen atoms in total. The summed E-state index contributed by atoms with van der Waals surface area (Å²) in [4.78, 5) is 14.2. The van der Waals surface area contributed by atoms with E-state index in [0.29, 0.717) is 44.3 Å². The Bertz CT molecular complexity index is 570. The van der Waals surface area contributed by atoms with Gasteiger partial charge in [0.15, 0.2) is 5.79 Å². The average Bonchev–Trinajstić information content (AvgIpc) is 2.48. The second-order valence-electron chi connectivity index (χ2n) is 6.69. The van der Waals surface area contributed by atoms with Crippen molar-refractivity contribution in [1.29, 1.82) is 0 Å². The SMILES string of the molecule is CCOc1ccccc1NC(=O)N1CC2(COC(C)(C)OC2)C1. The third-order valence-corrected chi connectivity index (χ3v) is 4.22. The third-order valence-electron chi connectivity index (χ3n) is 4.22. The molecule has 126 valence electrons. The van der Waals surface area contributed by atoms with Crippen LogP contribution < -0.4 is 10.1 Å². The van der Waals surface area contributed by atoms with Gasteiger partial charge in [-0.2, -0.15) is 0 Å². The van der Waals surface area contributed by atoms with Crippen LogP contribution in [0.5, 0.6) is 5.75 Å². The average molecular weight is 320 g/mol. The van der Waals surface area contributed by atoms with E-state index in [1.54, 1.807) is 4.90 Å². The molecule has 0 aliphatic carbocycles. The number of likely N-dealkylation sites (tertiary alicyclic amines) is 1. The zero-order chi connectivity index (χ0) is 16.5. The van der Waals surface area contributed by atoms with E-state index in [9.17, 15) is 4.79 Å². The Morgan fingerprint density at radius 2 is 1.91 bits per heavy atom. The van der Waals surface area contributed by atoms with Crippen LogP contribution in [0.3, 0.4) is 0 Å². The lowest BCUT2D eigenvalue weighted by Gasteiger charge is -2.53. The van der Waals surface area contributed by atoms with Gasteiger partial charge in [0.05, 0.1) is 30.9 Å². The summed E-state index contributed by atoms with van der Waals surface area (Å²) < 4.78 is 17.0. The zero-order valence-corrected chi connectivity index (χ0v) is 13.9. The van der Waals surface area contributed by atoms with Crippen LogP contribution in [0.1, 0.15) is 20.8 Å². The molecule has 2 aliphatic rings. The van der Waals surface area contributed by atoms with E-state index < -0.39 is 5.79 Å². The van der Waals surface area contributed by atoms with Crippen molar-refractivity contribution in [2.75, 3.05) is 38.2 Å². The van der Waals surface area contributed by atoms with Gasteiger partial charge in [0.2, 0.25) is 0 Å². The van der Waals surface area contributed by atoms with Crippen LogP contribution in [0.25, 0.3) is 0 Å². The predicted molar refractivity (Wildman–Crippen MR) is 86.6 cm³/mol. The van der Waals surface area contributed by atoms with Crippen LogP contribution in [0, 0.1) is 5.41 Å². The number of rotatable bonds is 3. The first-order valence-electron chi connectivity index (χ1n) is 7.99. The molecule has 1 aromatic rings. The van der Waals surface area contributed by atoms with Gasteiger partial charge in [0, 0.05) is 13.1 Å². The molecule has 2 fully saturated rings. The van der Waals surface area contributed by atoms with Gasteiger partial charge in [-0.25, -0.2) is 4.79 Å². The largest absolute Gasteiger partial charge is 0.492 e. The summed E-state index contributed by atoms with van der Waals surface area (Å²) in [6.07, 6.45) is 0. The van der Waals surface area contributed by atoms with E-state index in [-0.39, 0.29) is 11.4 Å². The standard InChI is InChI=1S/C17H24N2O4/c1-4-21-14-8-6-5-7-13(14)18-15(20)19-9-17(10-19)11-22-16(2,3)23-12-17/h5-8H,4,9-12H2,1-3H3,(H,18,20). The highest BCUT2D eigenvalue weighted by Gasteiger charge is 2.50. The second kappa shape index (κ2) is 6.02. The molecule has 0 bridgehead atoms. The number of hydrogen-bond acceptors (Lipinski definition) is 4. The van der Waals surface area contributed by atoms with Crippen molar-refractivity contribution in [1.82, 2.24) is 4.90 Å².